The van der Waals surface area contributed by atoms with Crippen LogP contribution in [0.2, 0.25) is 25.7 Å². The SMILES string of the molecule is C[Si](C)(C)CCOCn1cc2cc(C(F)(F)F)cc(CCO)c2n1. The summed E-state index contributed by atoms with van der Waals surface area (Å²) in [4.78, 5) is 0. The number of aromatic nitrogens is 2. The van der Waals surface area contributed by atoms with Crippen LogP contribution in [0.4, 0.5) is 13.2 Å². The van der Waals surface area contributed by atoms with E-state index in [1.54, 1.807) is 6.20 Å². The highest BCUT2D eigenvalue weighted by atomic mass is 28.3. The summed E-state index contributed by atoms with van der Waals surface area (Å²) in [5.41, 5.74) is 0.145. The zero-order valence-corrected chi connectivity index (χ0v) is 15.2. The van der Waals surface area contributed by atoms with Gasteiger partial charge in [-0.15, -0.1) is 0 Å². The molecule has 1 heterocycles. The van der Waals surface area contributed by atoms with Crippen LogP contribution < -0.4 is 0 Å². The lowest BCUT2D eigenvalue weighted by Gasteiger charge is -2.15. The second-order valence-electron chi connectivity index (χ2n) is 7.06. The average Bonchev–Trinajstić information content (AvgIpc) is 2.85. The smallest absolute Gasteiger partial charge is 0.396 e. The molecule has 0 atom stereocenters. The Balaban J connectivity index is 2.20. The molecular weight excluding hydrogens is 337 g/mol. The third-order valence-corrected chi connectivity index (χ3v) is 5.37. The summed E-state index contributed by atoms with van der Waals surface area (Å²) in [5, 5.41) is 13.8. The fourth-order valence-corrected chi connectivity index (χ4v) is 3.09. The van der Waals surface area contributed by atoms with E-state index in [0.717, 1.165) is 18.2 Å². The fraction of sp³-hybridized carbons (Fsp3) is 0.562. The second kappa shape index (κ2) is 7.24. The van der Waals surface area contributed by atoms with Gasteiger partial charge in [-0.1, -0.05) is 19.6 Å². The molecule has 1 N–H and O–H groups in total. The predicted molar refractivity (Wildman–Crippen MR) is 89.6 cm³/mol. The van der Waals surface area contributed by atoms with Gasteiger partial charge in [0.2, 0.25) is 0 Å². The minimum atomic E-state index is -4.42. The van der Waals surface area contributed by atoms with Crippen molar-refractivity contribution in [3.63, 3.8) is 0 Å². The molecule has 134 valence electrons. The first-order chi connectivity index (χ1) is 11.1. The molecule has 0 fully saturated rings. The first-order valence-electron chi connectivity index (χ1n) is 7.86. The maximum Gasteiger partial charge on any atom is 0.416 e. The van der Waals surface area contributed by atoms with Gasteiger partial charge >= 0.3 is 6.18 Å². The lowest BCUT2D eigenvalue weighted by Crippen LogP contribution is -2.22. The monoisotopic (exact) mass is 360 g/mol. The van der Waals surface area contributed by atoms with E-state index < -0.39 is 19.8 Å². The molecule has 0 aliphatic carbocycles. The molecule has 0 spiro atoms. The van der Waals surface area contributed by atoms with Crippen molar-refractivity contribution in [1.29, 1.82) is 0 Å². The number of aliphatic hydroxyl groups is 1. The highest BCUT2D eigenvalue weighted by Crippen LogP contribution is 2.33. The number of hydrogen-bond acceptors (Lipinski definition) is 3. The molecule has 0 saturated heterocycles. The largest absolute Gasteiger partial charge is 0.416 e. The molecule has 0 amide bonds. The zero-order valence-electron chi connectivity index (χ0n) is 14.2. The summed E-state index contributed by atoms with van der Waals surface area (Å²) < 4.78 is 46.1. The molecule has 0 saturated carbocycles. The van der Waals surface area contributed by atoms with Crippen LogP contribution in [0.1, 0.15) is 11.1 Å². The molecule has 2 aromatic rings. The number of alkyl halides is 3. The third kappa shape index (κ3) is 5.06. The van der Waals surface area contributed by atoms with Crippen molar-refractivity contribution in [3.8, 4) is 0 Å². The van der Waals surface area contributed by atoms with Gasteiger partial charge in [-0.2, -0.15) is 18.3 Å². The molecule has 0 radical (unpaired) electrons. The molecule has 1 aromatic carbocycles. The molecule has 2 rings (SSSR count). The van der Waals surface area contributed by atoms with E-state index in [1.165, 1.54) is 4.68 Å². The van der Waals surface area contributed by atoms with Crippen LogP contribution in [0.5, 0.6) is 0 Å². The number of aliphatic hydroxyl groups excluding tert-OH is 1. The Morgan fingerprint density at radius 2 is 1.96 bits per heavy atom. The van der Waals surface area contributed by atoms with Gasteiger partial charge in [0.25, 0.3) is 0 Å². The number of rotatable bonds is 7. The number of fused-ring (bicyclic) bond motifs is 1. The van der Waals surface area contributed by atoms with Crippen molar-refractivity contribution in [2.24, 2.45) is 0 Å². The second-order valence-corrected chi connectivity index (χ2v) is 12.7. The lowest BCUT2D eigenvalue weighted by molar-refractivity contribution is -0.137. The van der Waals surface area contributed by atoms with Crippen LogP contribution >= 0.6 is 0 Å². The first kappa shape index (κ1) is 18.9. The Morgan fingerprint density at radius 1 is 1.25 bits per heavy atom. The van der Waals surface area contributed by atoms with Crippen LogP contribution in [0.15, 0.2) is 18.3 Å². The molecule has 0 bridgehead atoms. The Labute approximate surface area is 140 Å². The van der Waals surface area contributed by atoms with Gasteiger partial charge in [0.15, 0.2) is 0 Å². The average molecular weight is 360 g/mol. The van der Waals surface area contributed by atoms with Crippen molar-refractivity contribution in [2.75, 3.05) is 13.2 Å². The quantitative estimate of drug-likeness (QED) is 0.602. The lowest BCUT2D eigenvalue weighted by atomic mass is 10.0. The summed E-state index contributed by atoms with van der Waals surface area (Å²) in [7, 11) is -1.18. The van der Waals surface area contributed by atoms with Gasteiger partial charge < -0.3 is 9.84 Å². The maximum atomic E-state index is 13.0. The molecular formula is C16H23F3N2O2Si. The molecule has 4 nitrogen and oxygen atoms in total. The molecule has 0 aliphatic rings. The van der Waals surface area contributed by atoms with Crippen LogP contribution in [-0.2, 0) is 24.1 Å². The Hall–Kier alpha value is -1.38. The molecule has 0 aliphatic heterocycles. The number of ether oxygens (including phenoxy) is 1. The van der Waals surface area contributed by atoms with Crippen molar-refractivity contribution in [1.82, 2.24) is 9.78 Å². The fourth-order valence-electron chi connectivity index (χ4n) is 2.33. The van der Waals surface area contributed by atoms with E-state index in [1.807, 2.05) is 0 Å². The Morgan fingerprint density at radius 3 is 2.54 bits per heavy atom. The van der Waals surface area contributed by atoms with Gasteiger partial charge in [0.1, 0.15) is 6.73 Å². The van der Waals surface area contributed by atoms with Crippen LogP contribution in [0.25, 0.3) is 10.9 Å². The summed E-state index contributed by atoms with van der Waals surface area (Å²) in [5.74, 6) is 0. The minimum absolute atomic E-state index is 0.133. The van der Waals surface area contributed by atoms with Crippen LogP contribution in [-0.4, -0.2) is 36.2 Å². The number of halogens is 3. The Bertz CT molecular complexity index is 693. The van der Waals surface area contributed by atoms with E-state index in [4.69, 9.17) is 9.84 Å². The van der Waals surface area contributed by atoms with Gasteiger partial charge in [-0.25, -0.2) is 4.68 Å². The van der Waals surface area contributed by atoms with Crippen molar-refractivity contribution in [2.45, 2.75) is 45.0 Å². The minimum Gasteiger partial charge on any atom is -0.396 e. The Kier molecular flexibility index (Phi) is 5.72. The molecule has 24 heavy (non-hydrogen) atoms. The third-order valence-electron chi connectivity index (χ3n) is 3.66. The summed E-state index contributed by atoms with van der Waals surface area (Å²) in [6, 6.07) is 3.16. The van der Waals surface area contributed by atoms with E-state index in [9.17, 15) is 13.2 Å². The van der Waals surface area contributed by atoms with Crippen molar-refractivity contribution < 1.29 is 23.0 Å². The topological polar surface area (TPSA) is 47.3 Å². The summed E-state index contributed by atoms with van der Waals surface area (Å²) in [6.07, 6.45) is -2.73. The highest BCUT2D eigenvalue weighted by Gasteiger charge is 2.31. The molecule has 8 heteroatoms. The van der Waals surface area contributed by atoms with Gasteiger partial charge in [0.05, 0.1) is 11.1 Å². The predicted octanol–water partition coefficient (Wildman–Crippen LogP) is 3.90. The van der Waals surface area contributed by atoms with Crippen LogP contribution in [0, 0.1) is 0 Å². The van der Waals surface area contributed by atoms with E-state index >= 15 is 0 Å². The number of hydrogen-bond donors (Lipinski definition) is 1. The standard InChI is InChI=1S/C16H23F3N2O2Si/c1-24(2,3)7-6-23-11-21-10-13-9-14(16(17,18)19)8-12(4-5-22)15(13)20-21/h8-10,22H,4-7,11H2,1-3H3. The summed E-state index contributed by atoms with van der Waals surface area (Å²) in [6.45, 7) is 7.34. The molecule has 1 aromatic heterocycles. The van der Waals surface area contributed by atoms with Crippen molar-refractivity contribution >= 4 is 19.0 Å². The van der Waals surface area contributed by atoms with E-state index in [-0.39, 0.29) is 19.8 Å². The normalized spacial score (nSPS) is 13.0. The van der Waals surface area contributed by atoms with Gasteiger partial charge in [-0.05, 0) is 30.2 Å². The molecule has 0 unspecified atom stereocenters. The number of benzene rings is 1. The van der Waals surface area contributed by atoms with Gasteiger partial charge in [0, 0.05) is 32.9 Å². The number of nitrogens with zero attached hydrogens (tertiary/aromatic N) is 2. The first-order valence-corrected chi connectivity index (χ1v) is 11.6. The van der Waals surface area contributed by atoms with Crippen LogP contribution in [0.3, 0.4) is 0 Å². The van der Waals surface area contributed by atoms with E-state index in [2.05, 4.69) is 24.7 Å². The van der Waals surface area contributed by atoms with Crippen molar-refractivity contribution in [3.05, 3.63) is 29.5 Å². The summed E-state index contributed by atoms with van der Waals surface area (Å²) >= 11 is 0. The van der Waals surface area contributed by atoms with Gasteiger partial charge in [-0.3, -0.25) is 0 Å². The van der Waals surface area contributed by atoms with E-state index in [0.29, 0.717) is 23.1 Å². The highest BCUT2D eigenvalue weighted by molar-refractivity contribution is 6.76. The maximum absolute atomic E-state index is 13.0. The zero-order chi connectivity index (χ0) is 18.0.